The summed E-state index contributed by atoms with van der Waals surface area (Å²) >= 11 is 5.93. The minimum Gasteiger partial charge on any atom is -0.354 e. The van der Waals surface area contributed by atoms with Crippen LogP contribution >= 0.6 is 24.0 Å². The Labute approximate surface area is 130 Å². The van der Waals surface area contributed by atoms with E-state index >= 15 is 0 Å². The van der Waals surface area contributed by atoms with Gasteiger partial charge in [0.1, 0.15) is 0 Å². The third-order valence-corrected chi connectivity index (χ3v) is 4.85. The molecule has 5 heteroatoms. The second-order valence-corrected chi connectivity index (χ2v) is 6.42. The number of nitrogens with one attached hydrogen (secondary N) is 1. The maximum absolute atomic E-state index is 11.9. The molecule has 0 spiro atoms. The van der Waals surface area contributed by atoms with Crippen LogP contribution in [0.25, 0.3) is 0 Å². The summed E-state index contributed by atoms with van der Waals surface area (Å²) in [6.45, 7) is 0.687. The van der Waals surface area contributed by atoms with Crippen LogP contribution in [-0.2, 0) is 10.2 Å². The molecule has 0 heterocycles. The molecule has 20 heavy (non-hydrogen) atoms. The van der Waals surface area contributed by atoms with Crippen LogP contribution in [0.4, 0.5) is 0 Å². The number of hydrogen-bond acceptors (Lipinski definition) is 2. The molecule has 0 aliphatic heterocycles. The molecular weight excluding hydrogens is 295 g/mol. The number of nitrogens with two attached hydrogens (primary N) is 1. The fourth-order valence-electron chi connectivity index (χ4n) is 2.76. The van der Waals surface area contributed by atoms with Crippen molar-refractivity contribution in [3.63, 3.8) is 0 Å². The molecule has 2 aliphatic rings. The first-order valence-electron chi connectivity index (χ1n) is 6.87. The summed E-state index contributed by atoms with van der Waals surface area (Å²) in [5.41, 5.74) is 6.69. The lowest BCUT2D eigenvalue weighted by Crippen LogP contribution is -2.50. The molecule has 1 amide bonds. The molecule has 3 rings (SSSR count). The second-order valence-electron chi connectivity index (χ2n) is 5.98. The number of rotatable bonds is 4. The molecule has 0 saturated heterocycles. The molecule has 1 aromatic carbocycles. The number of hydrogen-bond donors (Lipinski definition) is 2. The predicted molar refractivity (Wildman–Crippen MR) is 83.4 cm³/mol. The molecule has 0 bridgehead atoms. The zero-order valence-corrected chi connectivity index (χ0v) is 12.9. The van der Waals surface area contributed by atoms with Crippen molar-refractivity contribution in [3.05, 3.63) is 34.9 Å². The number of halogens is 2. The summed E-state index contributed by atoms with van der Waals surface area (Å²) in [4.78, 5) is 11.9. The van der Waals surface area contributed by atoms with Crippen LogP contribution in [-0.4, -0.2) is 18.0 Å². The van der Waals surface area contributed by atoms with Gasteiger partial charge < -0.3 is 11.1 Å². The molecule has 0 radical (unpaired) electrons. The lowest BCUT2D eigenvalue weighted by molar-refractivity contribution is -0.123. The van der Waals surface area contributed by atoms with Gasteiger partial charge in [0.05, 0.1) is 5.54 Å². The van der Waals surface area contributed by atoms with E-state index in [4.69, 9.17) is 17.3 Å². The van der Waals surface area contributed by atoms with Crippen molar-refractivity contribution in [2.45, 2.75) is 43.1 Å². The first-order valence-corrected chi connectivity index (χ1v) is 7.25. The molecule has 1 aromatic rings. The molecule has 0 aromatic heterocycles. The SMILES string of the molecule is Cl.NC1(C(=O)NCC2(c3ccc(Cl)cc3)CCC2)CC1. The average molecular weight is 315 g/mol. The van der Waals surface area contributed by atoms with Gasteiger partial charge in [0.15, 0.2) is 0 Å². The summed E-state index contributed by atoms with van der Waals surface area (Å²) in [6, 6.07) is 7.99. The molecule has 2 saturated carbocycles. The quantitative estimate of drug-likeness (QED) is 0.898. The Balaban J connectivity index is 0.00000147. The first kappa shape index (κ1) is 15.6. The molecule has 110 valence electrons. The molecule has 3 N–H and O–H groups in total. The van der Waals surface area contributed by atoms with Crippen LogP contribution in [0, 0.1) is 0 Å². The van der Waals surface area contributed by atoms with E-state index in [1.165, 1.54) is 12.0 Å². The van der Waals surface area contributed by atoms with Gasteiger partial charge in [-0.1, -0.05) is 30.2 Å². The van der Waals surface area contributed by atoms with Gasteiger partial charge in [-0.15, -0.1) is 12.4 Å². The van der Waals surface area contributed by atoms with Crippen molar-refractivity contribution in [1.82, 2.24) is 5.32 Å². The van der Waals surface area contributed by atoms with Crippen LogP contribution in [0.3, 0.4) is 0 Å². The lowest BCUT2D eigenvalue weighted by Gasteiger charge is -2.43. The van der Waals surface area contributed by atoms with E-state index < -0.39 is 5.54 Å². The van der Waals surface area contributed by atoms with E-state index in [1.807, 2.05) is 12.1 Å². The summed E-state index contributed by atoms with van der Waals surface area (Å²) in [5.74, 6) is 0.00717. The molecule has 2 fully saturated rings. The Morgan fingerprint density at radius 1 is 1.20 bits per heavy atom. The van der Waals surface area contributed by atoms with Crippen LogP contribution < -0.4 is 11.1 Å². The Morgan fingerprint density at radius 2 is 1.80 bits per heavy atom. The van der Waals surface area contributed by atoms with Gasteiger partial charge in [-0.3, -0.25) is 4.79 Å². The first-order chi connectivity index (χ1) is 9.04. The van der Waals surface area contributed by atoms with Crippen LogP contribution in [0.15, 0.2) is 24.3 Å². The van der Waals surface area contributed by atoms with Gasteiger partial charge in [0.25, 0.3) is 0 Å². The Bertz CT molecular complexity index is 493. The largest absolute Gasteiger partial charge is 0.354 e. The van der Waals surface area contributed by atoms with E-state index in [0.717, 1.165) is 30.7 Å². The standard InChI is InChI=1S/C15H19ClN2O.ClH/c16-12-4-2-11(3-5-12)14(6-1-7-14)10-18-13(19)15(17)8-9-15;/h2-5H,1,6-10,17H2,(H,18,19);1H. The third-order valence-electron chi connectivity index (χ3n) is 4.60. The van der Waals surface area contributed by atoms with Gasteiger partial charge >= 0.3 is 0 Å². The zero-order valence-electron chi connectivity index (χ0n) is 11.3. The highest BCUT2D eigenvalue weighted by atomic mass is 35.5. The minimum atomic E-state index is -0.578. The summed E-state index contributed by atoms with van der Waals surface area (Å²) in [5, 5.41) is 3.80. The summed E-state index contributed by atoms with van der Waals surface area (Å²) < 4.78 is 0. The highest BCUT2D eigenvalue weighted by molar-refractivity contribution is 6.30. The van der Waals surface area contributed by atoms with Crippen molar-refractivity contribution in [2.24, 2.45) is 5.73 Å². The summed E-state index contributed by atoms with van der Waals surface area (Å²) in [7, 11) is 0. The van der Waals surface area contributed by atoms with Gasteiger partial charge in [-0.05, 0) is 43.4 Å². The van der Waals surface area contributed by atoms with Gasteiger partial charge in [0.2, 0.25) is 5.91 Å². The second kappa shape index (κ2) is 5.55. The fraction of sp³-hybridized carbons (Fsp3) is 0.533. The van der Waals surface area contributed by atoms with Crippen LogP contribution in [0.2, 0.25) is 5.02 Å². The van der Waals surface area contributed by atoms with Crippen LogP contribution in [0.1, 0.15) is 37.7 Å². The predicted octanol–water partition coefficient (Wildman–Crippen LogP) is 2.79. The van der Waals surface area contributed by atoms with Gasteiger partial charge in [-0.25, -0.2) is 0 Å². The lowest BCUT2D eigenvalue weighted by atomic mass is 9.64. The normalized spacial score (nSPS) is 21.3. The highest BCUT2D eigenvalue weighted by Gasteiger charge is 2.47. The van der Waals surface area contributed by atoms with E-state index in [2.05, 4.69) is 17.4 Å². The maximum atomic E-state index is 11.9. The summed E-state index contributed by atoms with van der Waals surface area (Å²) in [6.07, 6.45) is 5.07. The van der Waals surface area contributed by atoms with Crippen molar-refractivity contribution < 1.29 is 4.79 Å². The minimum absolute atomic E-state index is 0. The Morgan fingerprint density at radius 3 is 2.25 bits per heavy atom. The Kier molecular flexibility index (Phi) is 4.33. The molecule has 2 aliphatic carbocycles. The highest BCUT2D eigenvalue weighted by Crippen LogP contribution is 2.43. The van der Waals surface area contributed by atoms with Crippen LogP contribution in [0.5, 0.6) is 0 Å². The van der Waals surface area contributed by atoms with E-state index in [-0.39, 0.29) is 23.7 Å². The molecule has 0 unspecified atom stereocenters. The van der Waals surface area contributed by atoms with Gasteiger partial charge in [-0.2, -0.15) is 0 Å². The van der Waals surface area contributed by atoms with Crippen molar-refractivity contribution >= 4 is 29.9 Å². The average Bonchev–Trinajstić information content (AvgIpc) is 3.09. The fourth-order valence-corrected chi connectivity index (χ4v) is 2.89. The number of carbonyl (C=O) groups is 1. The number of benzene rings is 1. The molecular formula is C15H20Cl2N2O. The van der Waals surface area contributed by atoms with Gasteiger partial charge in [0, 0.05) is 17.0 Å². The Hall–Kier alpha value is -0.770. The third kappa shape index (κ3) is 2.80. The number of amides is 1. The van der Waals surface area contributed by atoms with Crippen molar-refractivity contribution in [1.29, 1.82) is 0 Å². The maximum Gasteiger partial charge on any atom is 0.240 e. The monoisotopic (exact) mass is 314 g/mol. The van der Waals surface area contributed by atoms with Crippen molar-refractivity contribution in [3.8, 4) is 0 Å². The van der Waals surface area contributed by atoms with Crippen molar-refractivity contribution in [2.75, 3.05) is 6.54 Å². The molecule has 3 nitrogen and oxygen atoms in total. The number of carbonyl (C=O) groups excluding carboxylic acids is 1. The molecule has 0 atom stereocenters. The smallest absolute Gasteiger partial charge is 0.240 e. The van der Waals surface area contributed by atoms with E-state index in [9.17, 15) is 4.79 Å². The van der Waals surface area contributed by atoms with E-state index in [1.54, 1.807) is 0 Å². The zero-order chi connectivity index (χ0) is 13.5. The topological polar surface area (TPSA) is 55.1 Å². The van der Waals surface area contributed by atoms with E-state index in [0.29, 0.717) is 6.54 Å².